The molecule has 7 nitrogen and oxygen atoms in total. The third-order valence-electron chi connectivity index (χ3n) is 6.47. The van der Waals surface area contributed by atoms with Crippen LogP contribution in [-0.4, -0.2) is 43.8 Å². The minimum Gasteiger partial charge on any atom is -0.424 e. The van der Waals surface area contributed by atoms with Crippen molar-refractivity contribution in [1.29, 1.82) is 0 Å². The van der Waals surface area contributed by atoms with Crippen LogP contribution in [0.25, 0.3) is 33.1 Å². The molecule has 5 aromatic rings. The van der Waals surface area contributed by atoms with Crippen LogP contribution in [0, 0.1) is 12.7 Å². The third-order valence-corrected chi connectivity index (χ3v) is 6.78. The van der Waals surface area contributed by atoms with E-state index in [4.69, 9.17) is 16.3 Å². The van der Waals surface area contributed by atoms with Crippen molar-refractivity contribution in [2.75, 3.05) is 13.1 Å². The van der Waals surface area contributed by atoms with Gasteiger partial charge in [0.05, 0.1) is 28.3 Å². The standard InChI is InChI=1S/C26H21ClF2N6O/c1-14-34-23-13-33-22-11-20(28)17(10-18(22)25(23)35(14)24-5-8-30-12-21(24)29)16-4-3-15(9-19(16)27)36-26-31-6-2-7-32-26/h2-4,6-7,9-11,13,21,24,30H,5,8,12H2,1H3. The van der Waals surface area contributed by atoms with Crippen LogP contribution in [0.15, 0.2) is 55.0 Å². The van der Waals surface area contributed by atoms with Crippen LogP contribution in [0.1, 0.15) is 18.3 Å². The summed E-state index contributed by atoms with van der Waals surface area (Å²) in [7, 11) is 0. The average Bonchev–Trinajstić information content (AvgIpc) is 3.21. The van der Waals surface area contributed by atoms with Gasteiger partial charge in [-0.1, -0.05) is 11.6 Å². The monoisotopic (exact) mass is 506 g/mol. The lowest BCUT2D eigenvalue weighted by atomic mass is 10.0. The first kappa shape index (κ1) is 22.8. The van der Waals surface area contributed by atoms with Gasteiger partial charge in [-0.3, -0.25) is 4.98 Å². The summed E-state index contributed by atoms with van der Waals surface area (Å²) in [5.41, 5.74) is 2.64. The number of hydrogen-bond donors (Lipinski definition) is 1. The van der Waals surface area contributed by atoms with Crippen LogP contribution in [0.4, 0.5) is 8.78 Å². The van der Waals surface area contributed by atoms with Crippen LogP contribution in [-0.2, 0) is 0 Å². The molecule has 2 unspecified atom stereocenters. The quantitative estimate of drug-likeness (QED) is 0.331. The first-order valence-corrected chi connectivity index (χ1v) is 11.9. The number of nitrogens with one attached hydrogen (secondary N) is 1. The SMILES string of the molecule is Cc1nc2cnc3cc(F)c(-c4ccc(Oc5ncccn5)cc4Cl)cc3c2n1C1CCNCC1F. The molecule has 4 heterocycles. The summed E-state index contributed by atoms with van der Waals surface area (Å²) in [6.45, 7) is 2.85. The molecule has 1 N–H and O–H groups in total. The second-order valence-electron chi connectivity index (χ2n) is 8.72. The Morgan fingerprint density at radius 3 is 2.69 bits per heavy atom. The van der Waals surface area contributed by atoms with Crippen molar-refractivity contribution in [2.24, 2.45) is 0 Å². The Bertz CT molecular complexity index is 1590. The zero-order valence-corrected chi connectivity index (χ0v) is 20.0. The van der Waals surface area contributed by atoms with Gasteiger partial charge in [0, 0.05) is 47.6 Å². The fourth-order valence-electron chi connectivity index (χ4n) is 4.85. The predicted octanol–water partition coefficient (Wildman–Crippen LogP) is 5.81. The lowest BCUT2D eigenvalue weighted by molar-refractivity contribution is 0.185. The van der Waals surface area contributed by atoms with Crippen LogP contribution >= 0.6 is 11.6 Å². The van der Waals surface area contributed by atoms with Gasteiger partial charge in [-0.15, -0.1) is 0 Å². The second-order valence-corrected chi connectivity index (χ2v) is 9.13. The first-order chi connectivity index (χ1) is 17.5. The van der Waals surface area contributed by atoms with E-state index in [1.807, 2.05) is 11.5 Å². The van der Waals surface area contributed by atoms with Gasteiger partial charge in [0.2, 0.25) is 0 Å². The number of benzene rings is 2. The number of pyridine rings is 1. The molecule has 6 rings (SSSR count). The van der Waals surface area contributed by atoms with Gasteiger partial charge in [0.1, 0.15) is 29.1 Å². The number of piperidine rings is 1. The Balaban J connectivity index is 1.48. The second kappa shape index (κ2) is 9.07. The molecule has 1 aliphatic rings. The molecule has 0 radical (unpaired) electrons. The van der Waals surface area contributed by atoms with Crippen LogP contribution < -0.4 is 10.1 Å². The Morgan fingerprint density at radius 2 is 1.92 bits per heavy atom. The summed E-state index contributed by atoms with van der Waals surface area (Å²) in [6.07, 6.45) is 4.31. The lowest BCUT2D eigenvalue weighted by Gasteiger charge is -2.29. The predicted molar refractivity (Wildman–Crippen MR) is 134 cm³/mol. The van der Waals surface area contributed by atoms with E-state index in [2.05, 4.69) is 25.3 Å². The molecule has 36 heavy (non-hydrogen) atoms. The van der Waals surface area contributed by atoms with E-state index in [0.29, 0.717) is 57.1 Å². The van der Waals surface area contributed by atoms with E-state index >= 15 is 4.39 Å². The van der Waals surface area contributed by atoms with Crippen molar-refractivity contribution in [1.82, 2.24) is 29.8 Å². The minimum atomic E-state index is -1.06. The van der Waals surface area contributed by atoms with Crippen molar-refractivity contribution in [2.45, 2.75) is 25.6 Å². The average molecular weight is 507 g/mol. The molecule has 2 aromatic carbocycles. The lowest BCUT2D eigenvalue weighted by Crippen LogP contribution is -2.39. The minimum absolute atomic E-state index is 0.180. The summed E-state index contributed by atoms with van der Waals surface area (Å²) in [6, 6.07) is 9.55. The maximum Gasteiger partial charge on any atom is 0.321 e. The van der Waals surface area contributed by atoms with Crippen LogP contribution in [0.2, 0.25) is 5.02 Å². The fraction of sp³-hybridized carbons (Fsp3) is 0.231. The van der Waals surface area contributed by atoms with Crippen LogP contribution in [0.5, 0.6) is 11.8 Å². The number of halogens is 3. The van der Waals surface area contributed by atoms with Gasteiger partial charge >= 0.3 is 6.01 Å². The van der Waals surface area contributed by atoms with Gasteiger partial charge < -0.3 is 14.6 Å². The van der Waals surface area contributed by atoms with Crippen LogP contribution in [0.3, 0.4) is 0 Å². The summed E-state index contributed by atoms with van der Waals surface area (Å²) >= 11 is 6.57. The molecule has 10 heteroatoms. The van der Waals surface area contributed by atoms with Crippen molar-refractivity contribution in [3.8, 4) is 22.9 Å². The summed E-state index contributed by atoms with van der Waals surface area (Å²) < 4.78 is 37.8. The molecule has 0 saturated carbocycles. The molecule has 182 valence electrons. The highest BCUT2D eigenvalue weighted by molar-refractivity contribution is 6.33. The van der Waals surface area contributed by atoms with E-state index in [1.54, 1.807) is 48.9 Å². The summed E-state index contributed by atoms with van der Waals surface area (Å²) in [5, 5.41) is 4.08. The molecule has 0 bridgehead atoms. The molecule has 3 aromatic heterocycles. The van der Waals surface area contributed by atoms with E-state index in [-0.39, 0.29) is 18.6 Å². The number of hydrogen-bond acceptors (Lipinski definition) is 6. The Hall–Kier alpha value is -3.69. The van der Waals surface area contributed by atoms with Crippen molar-refractivity contribution in [3.63, 3.8) is 0 Å². The Kier molecular flexibility index (Phi) is 5.73. The smallest absolute Gasteiger partial charge is 0.321 e. The summed E-state index contributed by atoms with van der Waals surface area (Å²) in [4.78, 5) is 17.1. The molecule has 2 atom stereocenters. The highest BCUT2D eigenvalue weighted by Gasteiger charge is 2.29. The first-order valence-electron chi connectivity index (χ1n) is 11.6. The van der Waals surface area contributed by atoms with Crippen molar-refractivity contribution >= 4 is 33.5 Å². The highest BCUT2D eigenvalue weighted by atomic mass is 35.5. The number of alkyl halides is 1. The molecule has 0 amide bonds. The van der Waals surface area contributed by atoms with E-state index < -0.39 is 12.0 Å². The molecule has 0 aliphatic carbocycles. The molecule has 1 fully saturated rings. The number of aryl methyl sites for hydroxylation is 1. The highest BCUT2D eigenvalue weighted by Crippen LogP contribution is 2.38. The molecule has 1 aliphatic heterocycles. The van der Waals surface area contributed by atoms with Gasteiger partial charge in [0.25, 0.3) is 0 Å². The largest absolute Gasteiger partial charge is 0.424 e. The number of rotatable bonds is 4. The van der Waals surface area contributed by atoms with Gasteiger partial charge in [-0.25, -0.2) is 23.7 Å². The number of imidazole rings is 1. The fourth-order valence-corrected chi connectivity index (χ4v) is 5.12. The normalized spacial score (nSPS) is 18.1. The van der Waals surface area contributed by atoms with Gasteiger partial charge in [-0.05, 0) is 44.2 Å². The number of aromatic nitrogens is 5. The molecule has 0 spiro atoms. The Labute approximate surface area is 210 Å². The molecule has 1 saturated heterocycles. The van der Waals surface area contributed by atoms with Crippen molar-refractivity contribution < 1.29 is 13.5 Å². The van der Waals surface area contributed by atoms with E-state index in [9.17, 15) is 4.39 Å². The molecular weight excluding hydrogens is 486 g/mol. The maximum atomic E-state index is 15.3. The van der Waals surface area contributed by atoms with Gasteiger partial charge in [0.15, 0.2) is 0 Å². The number of ether oxygens (including phenoxy) is 1. The van der Waals surface area contributed by atoms with Gasteiger partial charge in [-0.2, -0.15) is 0 Å². The zero-order chi connectivity index (χ0) is 24.8. The third kappa shape index (κ3) is 3.94. The summed E-state index contributed by atoms with van der Waals surface area (Å²) in [5.74, 6) is 0.653. The maximum absolute atomic E-state index is 15.3. The topological polar surface area (TPSA) is 77.8 Å². The Morgan fingerprint density at radius 1 is 1.08 bits per heavy atom. The number of nitrogens with zero attached hydrogens (tertiary/aromatic N) is 5. The van der Waals surface area contributed by atoms with E-state index in [1.165, 1.54) is 6.07 Å². The molecular formula is C26H21ClF2N6O. The zero-order valence-electron chi connectivity index (χ0n) is 19.3. The van der Waals surface area contributed by atoms with E-state index in [0.717, 1.165) is 5.52 Å². The number of fused-ring (bicyclic) bond motifs is 3. The van der Waals surface area contributed by atoms with Crippen molar-refractivity contribution in [3.05, 3.63) is 71.7 Å².